The van der Waals surface area contributed by atoms with Crippen LogP contribution in [-0.2, 0) is 6.54 Å². The van der Waals surface area contributed by atoms with Gasteiger partial charge in [-0.3, -0.25) is 4.79 Å². The maximum Gasteiger partial charge on any atom is 0.254 e. The molecule has 0 saturated carbocycles. The Morgan fingerprint density at radius 1 is 1.19 bits per heavy atom. The summed E-state index contributed by atoms with van der Waals surface area (Å²) in [5, 5.41) is 0.397. The van der Waals surface area contributed by atoms with Crippen molar-refractivity contribution in [3.63, 3.8) is 0 Å². The van der Waals surface area contributed by atoms with E-state index in [2.05, 4.69) is 23.1 Å². The van der Waals surface area contributed by atoms with Gasteiger partial charge in [-0.25, -0.2) is 0 Å². The first kappa shape index (κ1) is 17.0. The highest BCUT2D eigenvalue weighted by molar-refractivity contribution is 6.32. The van der Waals surface area contributed by atoms with Crippen molar-refractivity contribution in [1.29, 1.82) is 0 Å². The summed E-state index contributed by atoms with van der Waals surface area (Å²) in [6.45, 7) is 2.82. The fourth-order valence-electron chi connectivity index (χ4n) is 3.55. The first-order valence-corrected chi connectivity index (χ1v) is 9.19. The fourth-order valence-corrected chi connectivity index (χ4v) is 3.81. The zero-order chi connectivity index (χ0) is 18.1. The summed E-state index contributed by atoms with van der Waals surface area (Å²) in [6.07, 6.45) is 2.44. The molecule has 26 heavy (non-hydrogen) atoms. The first-order valence-electron chi connectivity index (χ1n) is 8.81. The molecule has 136 valence electrons. The molecule has 4 rings (SSSR count). The topological polar surface area (TPSA) is 42.0 Å². The Labute approximate surface area is 158 Å². The Hall–Kier alpha value is -2.40. The van der Waals surface area contributed by atoms with E-state index >= 15 is 0 Å². The Kier molecular flexibility index (Phi) is 4.64. The highest BCUT2D eigenvalue weighted by Crippen LogP contribution is 2.40. The van der Waals surface area contributed by atoms with Gasteiger partial charge in [-0.15, -0.1) is 0 Å². The molecule has 0 N–H and O–H groups in total. The van der Waals surface area contributed by atoms with Crippen LogP contribution >= 0.6 is 11.6 Å². The SMILES string of the molecule is CN(Cc1ccccc1N1CCCC1)C(=O)c1cc(Cl)c2c(c1)OCO2. The van der Waals surface area contributed by atoms with Gasteiger partial charge in [-0.1, -0.05) is 29.8 Å². The molecule has 1 fully saturated rings. The van der Waals surface area contributed by atoms with Crippen LogP contribution < -0.4 is 14.4 Å². The van der Waals surface area contributed by atoms with E-state index in [4.69, 9.17) is 21.1 Å². The second-order valence-corrected chi connectivity index (χ2v) is 7.08. The van der Waals surface area contributed by atoms with Crippen molar-refractivity contribution in [2.45, 2.75) is 19.4 Å². The number of halogens is 1. The molecular weight excluding hydrogens is 352 g/mol. The Morgan fingerprint density at radius 2 is 1.96 bits per heavy atom. The molecule has 6 heteroatoms. The summed E-state index contributed by atoms with van der Waals surface area (Å²) in [5.74, 6) is 0.929. The van der Waals surface area contributed by atoms with Gasteiger partial charge in [0.25, 0.3) is 5.91 Å². The van der Waals surface area contributed by atoms with E-state index in [1.165, 1.54) is 18.5 Å². The second kappa shape index (κ2) is 7.08. The molecule has 0 aromatic heterocycles. The zero-order valence-corrected chi connectivity index (χ0v) is 15.5. The Morgan fingerprint density at radius 3 is 2.77 bits per heavy atom. The van der Waals surface area contributed by atoms with Gasteiger partial charge >= 0.3 is 0 Å². The number of hydrogen-bond acceptors (Lipinski definition) is 4. The second-order valence-electron chi connectivity index (χ2n) is 6.68. The maximum atomic E-state index is 12.9. The van der Waals surface area contributed by atoms with Crippen LogP contribution in [0.5, 0.6) is 11.5 Å². The van der Waals surface area contributed by atoms with Crippen LogP contribution in [0, 0.1) is 0 Å². The third kappa shape index (κ3) is 3.19. The van der Waals surface area contributed by atoms with E-state index in [1.807, 2.05) is 13.1 Å². The predicted molar refractivity (Wildman–Crippen MR) is 101 cm³/mol. The number of carbonyl (C=O) groups is 1. The van der Waals surface area contributed by atoms with E-state index < -0.39 is 0 Å². The average molecular weight is 373 g/mol. The molecule has 2 aliphatic heterocycles. The molecule has 0 unspecified atom stereocenters. The molecule has 0 aliphatic carbocycles. The summed E-state index contributed by atoms with van der Waals surface area (Å²) in [7, 11) is 1.81. The van der Waals surface area contributed by atoms with Gasteiger partial charge in [0, 0.05) is 37.9 Å². The van der Waals surface area contributed by atoms with Crippen molar-refractivity contribution in [2.24, 2.45) is 0 Å². The van der Waals surface area contributed by atoms with Crippen LogP contribution in [0.2, 0.25) is 5.02 Å². The highest BCUT2D eigenvalue weighted by atomic mass is 35.5. The van der Waals surface area contributed by atoms with Gasteiger partial charge in [-0.05, 0) is 36.6 Å². The lowest BCUT2D eigenvalue weighted by atomic mass is 10.1. The van der Waals surface area contributed by atoms with E-state index in [-0.39, 0.29) is 12.7 Å². The summed E-state index contributed by atoms with van der Waals surface area (Å²) < 4.78 is 10.7. The molecule has 0 atom stereocenters. The van der Waals surface area contributed by atoms with Crippen LogP contribution in [-0.4, -0.2) is 37.7 Å². The van der Waals surface area contributed by atoms with E-state index in [0.717, 1.165) is 18.7 Å². The molecule has 0 radical (unpaired) electrons. The van der Waals surface area contributed by atoms with Crippen molar-refractivity contribution < 1.29 is 14.3 Å². The quantitative estimate of drug-likeness (QED) is 0.815. The lowest BCUT2D eigenvalue weighted by Crippen LogP contribution is -2.28. The van der Waals surface area contributed by atoms with Gasteiger partial charge in [0.2, 0.25) is 6.79 Å². The smallest absolute Gasteiger partial charge is 0.254 e. The number of benzene rings is 2. The normalized spacial score (nSPS) is 15.4. The zero-order valence-electron chi connectivity index (χ0n) is 14.7. The third-order valence-corrected chi connectivity index (χ3v) is 5.15. The monoisotopic (exact) mass is 372 g/mol. The van der Waals surface area contributed by atoms with Crippen molar-refractivity contribution in [3.05, 3.63) is 52.5 Å². The minimum absolute atomic E-state index is 0.0959. The Bertz CT molecular complexity index is 834. The molecule has 5 nitrogen and oxygen atoms in total. The summed E-state index contributed by atoms with van der Waals surface area (Å²) >= 11 is 6.21. The summed E-state index contributed by atoms with van der Waals surface area (Å²) in [6, 6.07) is 11.6. The molecule has 0 bridgehead atoms. The minimum atomic E-state index is -0.0959. The number of anilines is 1. The third-order valence-electron chi connectivity index (χ3n) is 4.87. The molecule has 2 heterocycles. The summed E-state index contributed by atoms with van der Waals surface area (Å²) in [4.78, 5) is 17.0. The minimum Gasteiger partial charge on any atom is -0.454 e. The molecule has 1 saturated heterocycles. The van der Waals surface area contributed by atoms with Crippen LogP contribution in [0.4, 0.5) is 5.69 Å². The number of fused-ring (bicyclic) bond motifs is 1. The van der Waals surface area contributed by atoms with E-state index in [0.29, 0.717) is 28.6 Å². The van der Waals surface area contributed by atoms with Crippen LogP contribution in [0.3, 0.4) is 0 Å². The van der Waals surface area contributed by atoms with Crippen molar-refractivity contribution in [3.8, 4) is 11.5 Å². The van der Waals surface area contributed by atoms with Gasteiger partial charge < -0.3 is 19.3 Å². The largest absolute Gasteiger partial charge is 0.454 e. The van der Waals surface area contributed by atoms with Gasteiger partial charge in [0.15, 0.2) is 11.5 Å². The molecule has 2 aromatic carbocycles. The molecule has 1 amide bonds. The van der Waals surface area contributed by atoms with Gasteiger partial charge in [0.05, 0.1) is 5.02 Å². The predicted octanol–water partition coefficient (Wildman–Crippen LogP) is 3.94. The number of hydrogen-bond donors (Lipinski definition) is 0. The number of para-hydroxylation sites is 1. The number of rotatable bonds is 4. The van der Waals surface area contributed by atoms with Crippen molar-refractivity contribution >= 4 is 23.2 Å². The van der Waals surface area contributed by atoms with Gasteiger partial charge in [-0.2, -0.15) is 0 Å². The number of carbonyl (C=O) groups excluding carboxylic acids is 1. The van der Waals surface area contributed by atoms with Gasteiger partial charge in [0.1, 0.15) is 0 Å². The van der Waals surface area contributed by atoms with Crippen molar-refractivity contribution in [2.75, 3.05) is 31.8 Å². The standard InChI is InChI=1S/C20H21ClN2O3/c1-22(12-14-6-2-3-7-17(14)23-8-4-5-9-23)20(24)15-10-16(21)19-18(11-15)25-13-26-19/h2-3,6-7,10-11H,4-5,8-9,12-13H2,1H3. The average Bonchev–Trinajstić information content (AvgIpc) is 3.33. The first-order chi connectivity index (χ1) is 12.6. The lowest BCUT2D eigenvalue weighted by Gasteiger charge is -2.24. The number of amides is 1. The van der Waals surface area contributed by atoms with Crippen LogP contribution in [0.15, 0.2) is 36.4 Å². The fraction of sp³-hybridized carbons (Fsp3) is 0.350. The van der Waals surface area contributed by atoms with Crippen molar-refractivity contribution in [1.82, 2.24) is 4.90 Å². The van der Waals surface area contributed by atoms with Crippen LogP contribution in [0.25, 0.3) is 0 Å². The number of nitrogens with zero attached hydrogens (tertiary/aromatic N) is 2. The molecular formula is C20H21ClN2O3. The van der Waals surface area contributed by atoms with E-state index in [9.17, 15) is 4.79 Å². The highest BCUT2D eigenvalue weighted by Gasteiger charge is 2.23. The summed E-state index contributed by atoms with van der Waals surface area (Å²) in [5.41, 5.74) is 2.87. The molecule has 2 aliphatic rings. The number of ether oxygens (including phenoxy) is 2. The molecule has 0 spiro atoms. The van der Waals surface area contributed by atoms with Crippen LogP contribution in [0.1, 0.15) is 28.8 Å². The maximum absolute atomic E-state index is 12.9. The lowest BCUT2D eigenvalue weighted by molar-refractivity contribution is 0.0785. The molecule has 2 aromatic rings. The van der Waals surface area contributed by atoms with E-state index in [1.54, 1.807) is 17.0 Å². The Balaban J connectivity index is 1.55.